The molecule has 0 aromatic heterocycles. The molecule has 2 N–H and O–H groups in total. The van der Waals surface area contributed by atoms with Gasteiger partial charge in [-0.2, -0.15) is 0 Å². The van der Waals surface area contributed by atoms with Crippen LogP contribution in [-0.2, 0) is 22.9 Å². The first-order valence-electron chi connectivity index (χ1n) is 6.18. The predicted molar refractivity (Wildman–Crippen MR) is 72.5 cm³/mol. The molecule has 0 saturated heterocycles. The molecule has 0 fully saturated rings. The number of nitrogens with two attached hydrogens (primary N) is 1. The number of ether oxygens (including phenoxy) is 1. The molecule has 0 saturated carbocycles. The van der Waals surface area contributed by atoms with Crippen LogP contribution in [0.2, 0.25) is 0 Å². The van der Waals surface area contributed by atoms with Crippen molar-refractivity contribution in [2.24, 2.45) is 5.73 Å². The largest absolute Gasteiger partial charge is 0.412 e. The van der Waals surface area contributed by atoms with Gasteiger partial charge >= 0.3 is 21.1 Å². The summed E-state index contributed by atoms with van der Waals surface area (Å²) in [6, 6.07) is 0. The molecule has 18 heavy (non-hydrogen) atoms. The average Bonchev–Trinajstić information content (AvgIpc) is 2.35. The molecule has 0 aromatic carbocycles. The fourth-order valence-corrected chi connectivity index (χ4v) is 4.80. The second kappa shape index (κ2) is 9.13. The van der Waals surface area contributed by atoms with Crippen LogP contribution in [0.3, 0.4) is 0 Å². The van der Waals surface area contributed by atoms with Gasteiger partial charge in [0.25, 0.3) is 0 Å². The van der Waals surface area contributed by atoms with Gasteiger partial charge in [-0.1, -0.05) is 4.57 Å². The van der Waals surface area contributed by atoms with Crippen molar-refractivity contribution in [2.75, 3.05) is 26.4 Å². The lowest BCUT2D eigenvalue weighted by atomic mass is 10.3. The fraction of sp³-hybridized carbons (Fsp3) is 1.00. The minimum Gasteiger partial charge on any atom is -0.330 e. The van der Waals surface area contributed by atoms with E-state index in [1.54, 1.807) is 20.8 Å². The van der Waals surface area contributed by atoms with Crippen molar-refractivity contribution in [1.82, 2.24) is 0 Å². The van der Waals surface area contributed by atoms with Crippen LogP contribution in [0, 0.1) is 0 Å². The van der Waals surface area contributed by atoms with Gasteiger partial charge in [0.15, 0.2) is 0 Å². The standard InChI is InChI=1S/C10H23NO5P2/c1-4-14-10(17-12,8-7-9-11)18(13,15-5-2)16-6-3/h4-9,11H2,1-3H3/p+1. The van der Waals surface area contributed by atoms with Gasteiger partial charge < -0.3 is 19.5 Å². The summed E-state index contributed by atoms with van der Waals surface area (Å²) in [5.74, 6) is 0. The van der Waals surface area contributed by atoms with Crippen molar-refractivity contribution in [3.8, 4) is 0 Å². The number of rotatable bonds is 11. The summed E-state index contributed by atoms with van der Waals surface area (Å²) in [4.78, 5) is 0. The maximum atomic E-state index is 12.8. The summed E-state index contributed by atoms with van der Waals surface area (Å²) in [5.41, 5.74) is 5.45. The van der Waals surface area contributed by atoms with E-state index in [-0.39, 0.29) is 26.2 Å². The Hall–Kier alpha value is 0.170. The monoisotopic (exact) mass is 300 g/mol. The molecule has 0 radical (unpaired) electrons. The molecule has 0 aliphatic carbocycles. The molecule has 2 atom stereocenters. The fourth-order valence-electron chi connectivity index (χ4n) is 1.59. The van der Waals surface area contributed by atoms with Gasteiger partial charge in [-0.25, -0.2) is 0 Å². The van der Waals surface area contributed by atoms with Crippen LogP contribution in [0.4, 0.5) is 0 Å². The van der Waals surface area contributed by atoms with E-state index in [0.29, 0.717) is 13.0 Å². The Bertz CT molecular complexity index is 279. The Morgan fingerprint density at radius 2 is 1.72 bits per heavy atom. The number of hydrogen-bond acceptors (Lipinski definition) is 6. The minimum absolute atomic E-state index is 0.208. The molecule has 8 heteroatoms. The molecule has 0 aliphatic heterocycles. The highest BCUT2D eigenvalue weighted by Crippen LogP contribution is 2.66. The summed E-state index contributed by atoms with van der Waals surface area (Å²) < 4.78 is 40.3. The first-order valence-corrected chi connectivity index (χ1v) is 8.63. The lowest BCUT2D eigenvalue weighted by Gasteiger charge is -2.28. The van der Waals surface area contributed by atoms with Gasteiger partial charge in [0.05, 0.1) is 13.2 Å². The smallest absolute Gasteiger partial charge is 0.330 e. The van der Waals surface area contributed by atoms with E-state index in [2.05, 4.69) is 0 Å². The molecule has 0 aromatic rings. The molecule has 0 rings (SSSR count). The van der Waals surface area contributed by atoms with E-state index in [1.165, 1.54) is 0 Å². The summed E-state index contributed by atoms with van der Waals surface area (Å²) in [5, 5.41) is -1.40. The van der Waals surface area contributed by atoms with Crippen molar-refractivity contribution >= 4 is 16.1 Å². The van der Waals surface area contributed by atoms with E-state index in [9.17, 15) is 9.13 Å². The summed E-state index contributed by atoms with van der Waals surface area (Å²) in [6.07, 6.45) is 0.829. The zero-order valence-electron chi connectivity index (χ0n) is 11.3. The van der Waals surface area contributed by atoms with E-state index in [1.807, 2.05) is 0 Å². The molecule has 0 bridgehead atoms. The highest BCUT2D eigenvalue weighted by Gasteiger charge is 2.60. The normalized spacial score (nSPS) is 15.8. The molecule has 0 spiro atoms. The third-order valence-electron chi connectivity index (χ3n) is 2.30. The quantitative estimate of drug-likeness (QED) is 0.590. The molecule has 108 valence electrons. The van der Waals surface area contributed by atoms with Crippen LogP contribution in [-0.4, -0.2) is 31.4 Å². The Morgan fingerprint density at radius 1 is 1.17 bits per heavy atom. The maximum absolute atomic E-state index is 12.8. The Kier molecular flexibility index (Phi) is 9.22. The highest BCUT2D eigenvalue weighted by molar-refractivity contribution is 7.64. The van der Waals surface area contributed by atoms with Crippen LogP contribution >= 0.6 is 16.1 Å². The van der Waals surface area contributed by atoms with E-state index < -0.39 is 21.1 Å². The second-order valence-electron chi connectivity index (χ2n) is 3.54. The van der Waals surface area contributed by atoms with Gasteiger partial charge in [0, 0.05) is 13.0 Å². The first kappa shape index (κ1) is 18.2. The Balaban J connectivity index is 5.30. The molecule has 0 aliphatic rings. The van der Waals surface area contributed by atoms with Gasteiger partial charge in [-0.05, 0) is 33.7 Å². The van der Waals surface area contributed by atoms with Crippen LogP contribution in [0.1, 0.15) is 33.6 Å². The van der Waals surface area contributed by atoms with Crippen molar-refractivity contribution in [3.05, 3.63) is 0 Å². The van der Waals surface area contributed by atoms with Crippen molar-refractivity contribution in [3.63, 3.8) is 0 Å². The SMILES string of the molecule is CCOC(CCCN)([PH+]=O)P(=O)(OCC)OCC. The zero-order valence-corrected chi connectivity index (χ0v) is 13.2. The predicted octanol–water partition coefficient (Wildman–Crippen LogP) is 2.71. The van der Waals surface area contributed by atoms with Crippen molar-refractivity contribution < 1.29 is 22.9 Å². The van der Waals surface area contributed by atoms with Gasteiger partial charge in [0.2, 0.25) is 0 Å². The molecule has 2 unspecified atom stereocenters. The molecule has 0 amide bonds. The summed E-state index contributed by atoms with van der Waals surface area (Å²) >= 11 is 0. The van der Waals surface area contributed by atoms with E-state index in [4.69, 9.17) is 19.5 Å². The van der Waals surface area contributed by atoms with Gasteiger partial charge in [-0.15, -0.1) is 0 Å². The maximum Gasteiger partial charge on any atom is 0.412 e. The average molecular weight is 300 g/mol. The van der Waals surface area contributed by atoms with Crippen LogP contribution in [0.25, 0.3) is 0 Å². The second-order valence-corrected chi connectivity index (χ2v) is 7.21. The highest BCUT2D eigenvalue weighted by atomic mass is 31.2. The zero-order chi connectivity index (χ0) is 14.1. The lowest BCUT2D eigenvalue weighted by Crippen LogP contribution is -2.29. The third-order valence-corrected chi connectivity index (χ3v) is 6.55. The molecule has 6 nitrogen and oxygen atoms in total. The van der Waals surface area contributed by atoms with Crippen LogP contribution in [0.15, 0.2) is 0 Å². The Morgan fingerprint density at radius 3 is 2.06 bits per heavy atom. The third kappa shape index (κ3) is 4.37. The van der Waals surface area contributed by atoms with E-state index >= 15 is 0 Å². The lowest BCUT2D eigenvalue weighted by molar-refractivity contribution is 0.0462. The van der Waals surface area contributed by atoms with Gasteiger partial charge in [0.1, 0.15) is 0 Å². The molecule has 0 heterocycles. The Labute approximate surface area is 110 Å². The van der Waals surface area contributed by atoms with Crippen LogP contribution in [0.5, 0.6) is 0 Å². The van der Waals surface area contributed by atoms with E-state index in [0.717, 1.165) is 0 Å². The van der Waals surface area contributed by atoms with Crippen molar-refractivity contribution in [2.45, 2.75) is 38.7 Å². The molecular weight excluding hydrogens is 276 g/mol. The van der Waals surface area contributed by atoms with Gasteiger partial charge in [-0.3, -0.25) is 4.57 Å². The minimum atomic E-state index is -3.58. The summed E-state index contributed by atoms with van der Waals surface area (Å²) in [7, 11) is -4.52. The molecular formula is C10H24NO5P2+. The number of hydrogen-bond donors (Lipinski definition) is 1. The summed E-state index contributed by atoms with van der Waals surface area (Å²) in [6.45, 7) is 6.26. The van der Waals surface area contributed by atoms with Crippen molar-refractivity contribution in [1.29, 1.82) is 0 Å². The van der Waals surface area contributed by atoms with Crippen LogP contribution < -0.4 is 5.73 Å². The first-order chi connectivity index (χ1) is 8.55. The topological polar surface area (TPSA) is 87.9 Å².